The summed E-state index contributed by atoms with van der Waals surface area (Å²) in [6.07, 6.45) is 3.68. The van der Waals surface area contributed by atoms with Crippen molar-refractivity contribution >= 4 is 61.4 Å². The predicted molar refractivity (Wildman–Crippen MR) is 202 cm³/mol. The number of fused-ring (bicyclic) bond motifs is 4. The maximum atomic E-state index is 11.7. The van der Waals surface area contributed by atoms with Gasteiger partial charge in [0.05, 0.1) is 40.4 Å². The van der Waals surface area contributed by atoms with Gasteiger partial charge < -0.3 is 20.6 Å². The summed E-state index contributed by atoms with van der Waals surface area (Å²) in [6, 6.07) is 21.7. The number of nitrogen functional groups attached to an aromatic ring is 2. The van der Waals surface area contributed by atoms with Crippen LogP contribution in [0.5, 0.6) is 0 Å². The van der Waals surface area contributed by atoms with Crippen molar-refractivity contribution in [2.75, 3.05) is 5.73 Å². The molecule has 7 N–H and O–H groups in total. The zero-order chi connectivity index (χ0) is 36.7. The van der Waals surface area contributed by atoms with E-state index < -0.39 is 11.8 Å². The van der Waals surface area contributed by atoms with E-state index in [1.165, 1.54) is 0 Å². The Balaban J connectivity index is 0.000000162. The third kappa shape index (κ3) is 5.80. The van der Waals surface area contributed by atoms with Crippen molar-refractivity contribution in [2.24, 2.45) is 11.6 Å². The number of hydrogen-bond acceptors (Lipinski definition) is 10. The fourth-order valence-corrected chi connectivity index (χ4v) is 6.54. The van der Waals surface area contributed by atoms with E-state index >= 15 is 0 Å². The molecule has 0 unspecified atom stereocenters. The van der Waals surface area contributed by atoms with Crippen molar-refractivity contribution in [1.29, 1.82) is 0 Å². The van der Waals surface area contributed by atoms with E-state index in [1.807, 2.05) is 81.1 Å². The van der Waals surface area contributed by atoms with E-state index in [-0.39, 0.29) is 17.1 Å². The Morgan fingerprint density at radius 3 is 2.06 bits per heavy atom. The largest absolute Gasteiger partial charge is 0.396 e. The van der Waals surface area contributed by atoms with Gasteiger partial charge in [-0.05, 0) is 80.3 Å². The first-order valence-corrected chi connectivity index (χ1v) is 16.7. The lowest BCUT2D eigenvalue weighted by atomic mass is 9.96. The Morgan fingerprint density at radius 1 is 0.712 bits per heavy atom. The molecule has 2 amide bonds. The molecule has 0 aliphatic carbocycles. The van der Waals surface area contributed by atoms with Gasteiger partial charge in [-0.25, -0.2) is 15.8 Å². The molecule has 14 nitrogen and oxygen atoms in total. The van der Waals surface area contributed by atoms with Gasteiger partial charge in [0.1, 0.15) is 11.0 Å². The van der Waals surface area contributed by atoms with Crippen LogP contribution in [-0.4, -0.2) is 51.3 Å². The molecule has 0 spiro atoms. The normalized spacial score (nSPS) is 11.2. The van der Waals surface area contributed by atoms with E-state index in [4.69, 9.17) is 17.3 Å². The zero-order valence-corrected chi connectivity index (χ0v) is 29.0. The van der Waals surface area contributed by atoms with Gasteiger partial charge in [-0.1, -0.05) is 36.4 Å². The third-order valence-electron chi connectivity index (χ3n) is 9.25. The summed E-state index contributed by atoms with van der Waals surface area (Å²) in [5.74, 6) is 4.04. The number of nitrogens with two attached hydrogens (primary N) is 3. The summed E-state index contributed by atoms with van der Waals surface area (Å²) >= 11 is 0. The third-order valence-corrected chi connectivity index (χ3v) is 9.25. The number of anilines is 1. The van der Waals surface area contributed by atoms with E-state index in [2.05, 4.69) is 64.8 Å². The lowest BCUT2D eigenvalue weighted by molar-refractivity contribution is 0.0946. The van der Waals surface area contributed by atoms with Crippen LogP contribution in [0.4, 0.5) is 5.69 Å². The number of amides is 2. The number of aryl methyl sites for hydroxylation is 4. The Morgan fingerprint density at radius 2 is 1.35 bits per heavy atom. The summed E-state index contributed by atoms with van der Waals surface area (Å²) < 4.78 is 4.20. The van der Waals surface area contributed by atoms with E-state index in [1.54, 1.807) is 6.07 Å². The molecule has 8 aromatic rings. The van der Waals surface area contributed by atoms with Crippen LogP contribution >= 0.6 is 0 Å². The number of primary amides is 1. The first kappa shape index (κ1) is 33.7. The quantitative estimate of drug-likeness (QED) is 0.101. The molecular formula is C38H36N12O2. The average Bonchev–Trinajstić information content (AvgIpc) is 3.77. The number of nitrogens with one attached hydrogen (secondary N) is 1. The highest BCUT2D eigenvalue weighted by molar-refractivity contribution is 6.08. The maximum Gasteiger partial charge on any atom is 0.285 e. The molecule has 260 valence electrons. The molecule has 0 aliphatic rings. The average molecular weight is 693 g/mol. The predicted octanol–water partition coefficient (Wildman–Crippen LogP) is 5.23. The van der Waals surface area contributed by atoms with Gasteiger partial charge in [-0.2, -0.15) is 0 Å². The van der Waals surface area contributed by atoms with E-state index in [9.17, 15) is 9.59 Å². The van der Waals surface area contributed by atoms with Gasteiger partial charge >= 0.3 is 0 Å². The Bertz CT molecular complexity index is 2700. The van der Waals surface area contributed by atoms with Crippen molar-refractivity contribution in [3.05, 3.63) is 102 Å². The molecule has 4 aromatic carbocycles. The molecule has 0 aliphatic heterocycles. The molecular weight excluding hydrogens is 656 g/mol. The minimum absolute atomic E-state index is 0.00977. The van der Waals surface area contributed by atoms with Crippen molar-refractivity contribution < 1.29 is 9.59 Å². The number of hydrazine groups is 1. The second-order valence-corrected chi connectivity index (χ2v) is 12.3. The highest BCUT2D eigenvalue weighted by Crippen LogP contribution is 2.35. The second-order valence-electron chi connectivity index (χ2n) is 12.3. The number of aromatic nitrogens is 8. The molecule has 52 heavy (non-hydrogen) atoms. The fraction of sp³-hybridized carbons (Fsp3) is 0.158. The summed E-state index contributed by atoms with van der Waals surface area (Å²) in [7, 11) is 0. The molecule has 0 saturated carbocycles. The molecule has 0 bridgehead atoms. The lowest BCUT2D eigenvalue weighted by Crippen LogP contribution is -2.30. The van der Waals surface area contributed by atoms with Gasteiger partial charge in [-0.3, -0.25) is 15.0 Å². The minimum Gasteiger partial charge on any atom is -0.396 e. The molecule has 0 radical (unpaired) electrons. The maximum absolute atomic E-state index is 11.7. The number of carbonyl (C=O) groups excluding carboxylic acids is 2. The molecule has 4 heterocycles. The molecule has 0 saturated heterocycles. The van der Waals surface area contributed by atoms with Gasteiger partial charge in [0.25, 0.3) is 11.8 Å². The first-order valence-electron chi connectivity index (χ1n) is 16.7. The number of rotatable bonds is 6. The van der Waals surface area contributed by atoms with Crippen LogP contribution in [0.2, 0.25) is 0 Å². The van der Waals surface area contributed by atoms with Crippen LogP contribution in [0, 0.1) is 13.8 Å². The van der Waals surface area contributed by atoms with Crippen molar-refractivity contribution in [2.45, 2.75) is 40.8 Å². The van der Waals surface area contributed by atoms with Crippen LogP contribution in [0.3, 0.4) is 0 Å². The number of nitrogens with zero attached hydrogens (tertiary/aromatic N) is 8. The SMILES string of the molecule is CCn1cnc2cc(-c3c(C)ccc4c(N)c(C(N)=O)nnc34)ccc21.CCn1cnc2ccc(-c3c(C)ccc4cc(C(=O)NN)nnc34)cc21. The Hall–Kier alpha value is -6.80. The van der Waals surface area contributed by atoms with Gasteiger partial charge in [0.2, 0.25) is 0 Å². The number of hydrogen-bond donors (Lipinski definition) is 4. The molecule has 14 heteroatoms. The second kappa shape index (κ2) is 13.5. The molecule has 0 atom stereocenters. The Labute approximate surface area is 297 Å². The van der Waals surface area contributed by atoms with Crippen LogP contribution in [0.25, 0.3) is 66.1 Å². The van der Waals surface area contributed by atoms with Gasteiger partial charge in [-0.15, -0.1) is 20.4 Å². The molecule has 8 rings (SSSR count). The van der Waals surface area contributed by atoms with Crippen molar-refractivity contribution in [3.63, 3.8) is 0 Å². The van der Waals surface area contributed by atoms with Crippen LogP contribution < -0.4 is 22.7 Å². The fourth-order valence-electron chi connectivity index (χ4n) is 6.54. The first-order chi connectivity index (χ1) is 25.1. The van der Waals surface area contributed by atoms with Crippen LogP contribution in [0.15, 0.2) is 79.4 Å². The highest BCUT2D eigenvalue weighted by atomic mass is 16.2. The summed E-state index contributed by atoms with van der Waals surface area (Å²) in [5, 5.41) is 18.0. The number of benzene rings is 4. The van der Waals surface area contributed by atoms with Gasteiger partial charge in [0.15, 0.2) is 11.4 Å². The summed E-state index contributed by atoms with van der Waals surface area (Å²) in [5.41, 5.74) is 25.4. The number of carbonyl (C=O) groups is 2. The highest BCUT2D eigenvalue weighted by Gasteiger charge is 2.18. The van der Waals surface area contributed by atoms with Crippen molar-refractivity contribution in [3.8, 4) is 22.3 Å². The summed E-state index contributed by atoms with van der Waals surface area (Å²) in [6.45, 7) is 9.93. The standard InChI is InChI=1S/2C19H18N6O/c1-3-25-9-22-13-8-11(5-7-14(13)25)15-10(2)4-6-12-16(20)18(19(21)26)24-23-17(12)15;1-3-25-10-21-14-7-6-12(9-16(14)25)17-11(2)4-5-13-8-15(19(26)22-20)23-24-18(13)17/h4-9H,3H2,1-2H3,(H2,20,23)(H2,21,26);4-10H,3,20H2,1-2H3,(H,22,26). The monoisotopic (exact) mass is 692 g/mol. The minimum atomic E-state index is -0.689. The van der Waals surface area contributed by atoms with E-state index in [0.717, 1.165) is 79.4 Å². The van der Waals surface area contributed by atoms with E-state index in [0.29, 0.717) is 10.9 Å². The van der Waals surface area contributed by atoms with Crippen LogP contribution in [0.1, 0.15) is 46.0 Å². The lowest BCUT2D eigenvalue weighted by Gasteiger charge is -2.12. The van der Waals surface area contributed by atoms with Crippen molar-refractivity contribution in [1.82, 2.24) is 44.9 Å². The summed E-state index contributed by atoms with van der Waals surface area (Å²) in [4.78, 5) is 32.1. The zero-order valence-electron chi connectivity index (χ0n) is 29.0. The topological polar surface area (TPSA) is 211 Å². The smallest absolute Gasteiger partial charge is 0.285 e. The molecule has 0 fully saturated rings. The number of imidazole rings is 2. The van der Waals surface area contributed by atoms with Crippen LogP contribution in [-0.2, 0) is 13.1 Å². The molecule has 4 aromatic heterocycles. The Kier molecular flexibility index (Phi) is 8.74. The van der Waals surface area contributed by atoms with Gasteiger partial charge in [0, 0.05) is 35.0 Å².